The first-order valence-electron chi connectivity index (χ1n) is 6.63. The Morgan fingerprint density at radius 2 is 2.18 bits per heavy atom. The van der Waals surface area contributed by atoms with Crippen LogP contribution in [0.25, 0.3) is 0 Å². The summed E-state index contributed by atoms with van der Waals surface area (Å²) in [6, 6.07) is 2.03. The molecule has 0 saturated carbocycles. The summed E-state index contributed by atoms with van der Waals surface area (Å²) in [6.07, 6.45) is 7.47. The third kappa shape index (κ3) is 2.90. The van der Waals surface area contributed by atoms with Gasteiger partial charge in [-0.25, -0.2) is 0 Å². The van der Waals surface area contributed by atoms with Crippen molar-refractivity contribution in [3.8, 4) is 0 Å². The van der Waals surface area contributed by atoms with E-state index in [-0.39, 0.29) is 0 Å². The van der Waals surface area contributed by atoms with Crippen molar-refractivity contribution in [3.63, 3.8) is 0 Å². The Kier molecular flexibility index (Phi) is 3.87. The number of aromatic nitrogens is 1. The van der Waals surface area contributed by atoms with E-state index in [0.29, 0.717) is 0 Å². The smallest absolute Gasteiger partial charge is 0.0738 e. The van der Waals surface area contributed by atoms with Crippen LogP contribution in [-0.2, 0) is 0 Å². The second-order valence-electron chi connectivity index (χ2n) is 5.36. The molecule has 1 fully saturated rings. The van der Waals surface area contributed by atoms with E-state index in [2.05, 4.69) is 23.7 Å². The van der Waals surface area contributed by atoms with E-state index in [1.807, 2.05) is 12.3 Å². The largest absolute Gasteiger partial charge is 0.396 e. The number of nitrogens with zero attached hydrogens (tertiary/aromatic N) is 2. The summed E-state index contributed by atoms with van der Waals surface area (Å²) in [5.74, 6) is 1.66. The zero-order valence-corrected chi connectivity index (χ0v) is 10.9. The molecule has 94 valence electrons. The Bertz CT molecular complexity index is 362. The molecule has 3 heteroatoms. The molecule has 1 unspecified atom stereocenters. The first kappa shape index (κ1) is 12.2. The number of anilines is 2. The summed E-state index contributed by atoms with van der Waals surface area (Å²) in [4.78, 5) is 6.47. The lowest BCUT2D eigenvalue weighted by molar-refractivity contribution is 0.351. The maximum atomic E-state index is 5.99. The van der Waals surface area contributed by atoms with Gasteiger partial charge in [0.15, 0.2) is 0 Å². The Balaban J connectivity index is 2.07. The quantitative estimate of drug-likeness (QED) is 0.854. The van der Waals surface area contributed by atoms with Gasteiger partial charge in [0.05, 0.1) is 17.6 Å². The zero-order chi connectivity index (χ0) is 12.3. The van der Waals surface area contributed by atoms with Gasteiger partial charge in [0.1, 0.15) is 0 Å². The monoisotopic (exact) mass is 233 g/mol. The van der Waals surface area contributed by atoms with E-state index in [4.69, 9.17) is 5.73 Å². The van der Waals surface area contributed by atoms with Gasteiger partial charge in [0, 0.05) is 19.3 Å². The average molecular weight is 233 g/mol. The summed E-state index contributed by atoms with van der Waals surface area (Å²) < 4.78 is 0. The second kappa shape index (κ2) is 5.39. The molecule has 17 heavy (non-hydrogen) atoms. The molecule has 2 heterocycles. The third-order valence-corrected chi connectivity index (χ3v) is 3.88. The van der Waals surface area contributed by atoms with Crippen LogP contribution in [0, 0.1) is 11.8 Å². The lowest BCUT2D eigenvalue weighted by atomic mass is 9.89. The van der Waals surface area contributed by atoms with Gasteiger partial charge < -0.3 is 10.6 Å². The van der Waals surface area contributed by atoms with Crippen molar-refractivity contribution in [1.82, 2.24) is 4.98 Å². The van der Waals surface area contributed by atoms with Crippen molar-refractivity contribution in [2.24, 2.45) is 11.8 Å². The summed E-state index contributed by atoms with van der Waals surface area (Å²) in [5, 5.41) is 0. The van der Waals surface area contributed by atoms with E-state index in [0.717, 1.165) is 36.3 Å². The fourth-order valence-electron chi connectivity index (χ4n) is 2.72. The topological polar surface area (TPSA) is 42.2 Å². The van der Waals surface area contributed by atoms with Crippen molar-refractivity contribution in [2.75, 3.05) is 23.7 Å². The van der Waals surface area contributed by atoms with E-state index < -0.39 is 0 Å². The minimum Gasteiger partial charge on any atom is -0.396 e. The van der Waals surface area contributed by atoms with Crippen molar-refractivity contribution in [3.05, 3.63) is 18.5 Å². The SMILES string of the molecule is CC(C)C1CCCN(c2ccncc2N)CC1. The Morgan fingerprint density at radius 3 is 2.88 bits per heavy atom. The molecule has 0 aromatic carbocycles. The molecule has 1 aromatic heterocycles. The number of nitrogens with two attached hydrogens (primary N) is 1. The van der Waals surface area contributed by atoms with Crippen LogP contribution in [0.1, 0.15) is 33.1 Å². The van der Waals surface area contributed by atoms with Crippen LogP contribution in [-0.4, -0.2) is 18.1 Å². The molecule has 0 amide bonds. The van der Waals surface area contributed by atoms with Crippen LogP contribution >= 0.6 is 0 Å². The van der Waals surface area contributed by atoms with Crippen LogP contribution in [0.2, 0.25) is 0 Å². The van der Waals surface area contributed by atoms with Crippen LogP contribution in [0.5, 0.6) is 0 Å². The standard InChI is InChI=1S/C14H23N3/c1-11(2)12-4-3-8-17(9-6-12)14-5-7-16-10-13(14)15/h5,7,10-12H,3-4,6,8-9,15H2,1-2H3. The van der Waals surface area contributed by atoms with Crippen LogP contribution in [0.4, 0.5) is 11.4 Å². The lowest BCUT2D eigenvalue weighted by Crippen LogP contribution is -2.25. The summed E-state index contributed by atoms with van der Waals surface area (Å²) in [5.41, 5.74) is 7.95. The van der Waals surface area contributed by atoms with E-state index in [1.54, 1.807) is 6.20 Å². The van der Waals surface area contributed by atoms with Crippen LogP contribution in [0.15, 0.2) is 18.5 Å². The summed E-state index contributed by atoms with van der Waals surface area (Å²) in [6.45, 7) is 6.91. The number of hydrogen-bond donors (Lipinski definition) is 1. The van der Waals surface area contributed by atoms with Crippen LogP contribution < -0.4 is 10.6 Å². The number of hydrogen-bond acceptors (Lipinski definition) is 3. The van der Waals surface area contributed by atoms with Gasteiger partial charge in [-0.2, -0.15) is 0 Å². The van der Waals surface area contributed by atoms with Crippen molar-refractivity contribution >= 4 is 11.4 Å². The maximum absolute atomic E-state index is 5.99. The predicted octanol–water partition coefficient (Wildman–Crippen LogP) is 2.93. The molecule has 2 rings (SSSR count). The second-order valence-corrected chi connectivity index (χ2v) is 5.36. The van der Waals surface area contributed by atoms with E-state index in [9.17, 15) is 0 Å². The van der Waals surface area contributed by atoms with E-state index >= 15 is 0 Å². The van der Waals surface area contributed by atoms with Gasteiger partial charge >= 0.3 is 0 Å². The molecule has 1 aromatic rings. The number of nitrogen functional groups attached to an aromatic ring is 1. The molecule has 0 bridgehead atoms. The molecule has 0 spiro atoms. The van der Waals surface area contributed by atoms with Gasteiger partial charge in [0.25, 0.3) is 0 Å². The molecular weight excluding hydrogens is 210 g/mol. The average Bonchev–Trinajstić information content (AvgIpc) is 2.55. The zero-order valence-electron chi connectivity index (χ0n) is 10.9. The Hall–Kier alpha value is -1.25. The molecule has 0 aliphatic carbocycles. The molecule has 3 nitrogen and oxygen atoms in total. The van der Waals surface area contributed by atoms with Gasteiger partial charge in [0.2, 0.25) is 0 Å². The number of rotatable bonds is 2. The molecular formula is C14H23N3. The van der Waals surface area contributed by atoms with Gasteiger partial charge in [-0.15, -0.1) is 0 Å². The predicted molar refractivity (Wildman–Crippen MR) is 73.0 cm³/mol. The summed E-state index contributed by atoms with van der Waals surface area (Å²) >= 11 is 0. The summed E-state index contributed by atoms with van der Waals surface area (Å²) in [7, 11) is 0. The van der Waals surface area contributed by atoms with Crippen molar-refractivity contribution in [1.29, 1.82) is 0 Å². The molecule has 1 saturated heterocycles. The lowest BCUT2D eigenvalue weighted by Gasteiger charge is -2.24. The van der Waals surface area contributed by atoms with Gasteiger partial charge in [-0.1, -0.05) is 13.8 Å². The molecule has 1 aliphatic rings. The maximum Gasteiger partial charge on any atom is 0.0738 e. The van der Waals surface area contributed by atoms with Gasteiger partial charge in [-0.05, 0) is 37.2 Å². The molecule has 1 atom stereocenters. The first-order valence-corrected chi connectivity index (χ1v) is 6.63. The first-order chi connectivity index (χ1) is 8.18. The number of pyridine rings is 1. The third-order valence-electron chi connectivity index (χ3n) is 3.88. The highest BCUT2D eigenvalue weighted by molar-refractivity contribution is 5.65. The minimum atomic E-state index is 0.796. The van der Waals surface area contributed by atoms with Gasteiger partial charge in [-0.3, -0.25) is 4.98 Å². The Labute approximate surface area is 104 Å². The van der Waals surface area contributed by atoms with E-state index in [1.165, 1.54) is 19.3 Å². The highest BCUT2D eigenvalue weighted by Crippen LogP contribution is 2.29. The fourth-order valence-corrected chi connectivity index (χ4v) is 2.72. The highest BCUT2D eigenvalue weighted by Gasteiger charge is 2.20. The highest BCUT2D eigenvalue weighted by atomic mass is 15.1. The minimum absolute atomic E-state index is 0.796. The Morgan fingerprint density at radius 1 is 1.35 bits per heavy atom. The molecule has 1 aliphatic heterocycles. The molecule has 0 radical (unpaired) electrons. The van der Waals surface area contributed by atoms with Crippen molar-refractivity contribution < 1.29 is 0 Å². The van der Waals surface area contributed by atoms with Crippen molar-refractivity contribution in [2.45, 2.75) is 33.1 Å². The normalized spacial score (nSPS) is 21.6. The van der Waals surface area contributed by atoms with Crippen LogP contribution in [0.3, 0.4) is 0 Å². The molecule has 2 N–H and O–H groups in total. The fraction of sp³-hybridized carbons (Fsp3) is 0.643.